The maximum Gasteiger partial charge on any atom is 0.469 e. The molecule has 0 aromatic rings. The summed E-state index contributed by atoms with van der Waals surface area (Å²) >= 11 is 0. The fraction of sp³-hybridized carbons (Fsp3) is 0.733. The van der Waals surface area contributed by atoms with Gasteiger partial charge in [0.05, 0.1) is 6.61 Å². The average molecular weight is 366 g/mol. The zero-order valence-corrected chi connectivity index (χ0v) is 14.7. The van der Waals surface area contributed by atoms with Crippen LogP contribution < -0.4 is 0 Å². The molecule has 24 heavy (non-hydrogen) atoms. The highest BCUT2D eigenvalue weighted by atomic mass is 31.2. The van der Waals surface area contributed by atoms with Gasteiger partial charge in [-0.1, -0.05) is 19.3 Å². The molecule has 8 nitrogen and oxygen atoms in total. The minimum absolute atomic E-state index is 0.120. The van der Waals surface area contributed by atoms with E-state index in [0.29, 0.717) is 19.3 Å². The molecule has 2 N–H and O–H groups in total. The van der Waals surface area contributed by atoms with Crippen molar-refractivity contribution >= 4 is 19.8 Å². The van der Waals surface area contributed by atoms with E-state index < -0.39 is 32.5 Å². The number of hydrogen-bond donors (Lipinski definition) is 2. The van der Waals surface area contributed by atoms with E-state index >= 15 is 0 Å². The van der Waals surface area contributed by atoms with Gasteiger partial charge in [0.1, 0.15) is 6.61 Å². The monoisotopic (exact) mass is 366 g/mol. The number of phosphoric ester groups is 1. The van der Waals surface area contributed by atoms with Gasteiger partial charge in [-0.3, -0.25) is 14.1 Å². The Labute approximate surface area is 143 Å². The summed E-state index contributed by atoms with van der Waals surface area (Å²) < 4.78 is 25.1. The molecule has 0 aromatic heterocycles. The molecule has 0 saturated heterocycles. The van der Waals surface area contributed by atoms with Crippen molar-refractivity contribution in [3.8, 4) is 0 Å². The molecule has 1 atom stereocenters. The molecule has 0 radical (unpaired) electrons. The average Bonchev–Trinajstić information content (AvgIpc) is 2.51. The first-order chi connectivity index (χ1) is 11.3. The van der Waals surface area contributed by atoms with E-state index in [2.05, 4.69) is 18.4 Å². The molecule has 0 rings (SSSR count). The molecule has 0 aromatic carbocycles. The van der Waals surface area contributed by atoms with Crippen molar-refractivity contribution in [2.45, 2.75) is 57.5 Å². The lowest BCUT2D eigenvalue weighted by atomic mass is 10.2. The molecule has 0 saturated carbocycles. The van der Waals surface area contributed by atoms with Crippen LogP contribution in [0.25, 0.3) is 0 Å². The van der Waals surface area contributed by atoms with E-state index in [1.807, 2.05) is 0 Å². The summed E-state index contributed by atoms with van der Waals surface area (Å²) in [6.45, 7) is 6.43. The number of ether oxygens (including phenoxy) is 2. The van der Waals surface area contributed by atoms with Crippen LogP contribution in [-0.4, -0.2) is 41.0 Å². The SMILES string of the molecule is [CH2-]CCCCCC(=O)OC[C@H](COP(=O)(O)O)OC(=O)CCC[CH2-]. The molecule has 0 unspecified atom stereocenters. The Morgan fingerprint density at radius 2 is 1.54 bits per heavy atom. The Morgan fingerprint density at radius 1 is 0.917 bits per heavy atom. The van der Waals surface area contributed by atoms with Gasteiger partial charge in [0.15, 0.2) is 6.10 Å². The lowest BCUT2D eigenvalue weighted by Gasteiger charge is -2.18. The smallest absolute Gasteiger partial charge is 0.462 e. The van der Waals surface area contributed by atoms with E-state index in [-0.39, 0.29) is 19.4 Å². The summed E-state index contributed by atoms with van der Waals surface area (Å²) in [5.74, 6) is -1.03. The minimum atomic E-state index is -4.70. The van der Waals surface area contributed by atoms with Crippen molar-refractivity contribution in [3.63, 3.8) is 0 Å². The Hall–Kier alpha value is -0.950. The van der Waals surface area contributed by atoms with Gasteiger partial charge in [-0.25, -0.2) is 4.57 Å². The van der Waals surface area contributed by atoms with Gasteiger partial charge in [-0.05, 0) is 6.42 Å². The molecule has 0 fully saturated rings. The molecule has 0 heterocycles. The van der Waals surface area contributed by atoms with Crippen molar-refractivity contribution < 1.29 is 37.9 Å². The fourth-order valence-electron chi connectivity index (χ4n) is 1.69. The molecule has 0 aliphatic rings. The molecular formula is C15H27O8P-2. The van der Waals surface area contributed by atoms with Crippen molar-refractivity contribution in [2.75, 3.05) is 13.2 Å². The highest BCUT2D eigenvalue weighted by Crippen LogP contribution is 2.35. The molecule has 9 heteroatoms. The summed E-state index contributed by atoms with van der Waals surface area (Å²) in [7, 11) is -4.70. The quantitative estimate of drug-likeness (QED) is 0.208. The third-order valence-electron chi connectivity index (χ3n) is 2.92. The topological polar surface area (TPSA) is 119 Å². The van der Waals surface area contributed by atoms with E-state index in [4.69, 9.17) is 19.3 Å². The third kappa shape index (κ3) is 14.6. The number of unbranched alkanes of at least 4 members (excludes halogenated alkanes) is 4. The van der Waals surface area contributed by atoms with Gasteiger partial charge in [0, 0.05) is 12.8 Å². The standard InChI is InChI=1S/C15H27O8P/c1-3-5-7-8-10-14(16)21-11-13(12-22-24(18,19)20)23-15(17)9-6-4-2/h13H,1-12H2,(H2,18,19,20)/q-2/t13-/m1/s1. The second-order valence-corrected chi connectivity index (χ2v) is 6.44. The van der Waals surface area contributed by atoms with Crippen LogP contribution in [0.1, 0.15) is 51.4 Å². The maximum absolute atomic E-state index is 11.6. The summed E-state index contributed by atoms with van der Waals surface area (Å²) in [5, 5.41) is 0. The molecule has 0 bridgehead atoms. The van der Waals surface area contributed by atoms with E-state index in [0.717, 1.165) is 19.3 Å². The first kappa shape index (κ1) is 23.1. The number of rotatable bonds is 14. The third-order valence-corrected chi connectivity index (χ3v) is 3.40. The zero-order chi connectivity index (χ0) is 18.4. The predicted octanol–water partition coefficient (Wildman–Crippen LogP) is 2.34. The molecule has 0 amide bonds. The van der Waals surface area contributed by atoms with Crippen LogP contribution in [0.2, 0.25) is 0 Å². The second kappa shape index (κ2) is 13.4. The molecular weight excluding hydrogens is 339 g/mol. The van der Waals surface area contributed by atoms with Crippen LogP contribution in [0.5, 0.6) is 0 Å². The highest BCUT2D eigenvalue weighted by molar-refractivity contribution is 7.46. The number of phosphoric acid groups is 1. The lowest BCUT2D eigenvalue weighted by molar-refractivity contribution is -0.161. The number of carbonyl (C=O) groups is 2. The zero-order valence-electron chi connectivity index (χ0n) is 13.9. The van der Waals surface area contributed by atoms with Crippen molar-refractivity contribution in [3.05, 3.63) is 13.8 Å². The molecule has 0 aliphatic carbocycles. The number of carbonyl (C=O) groups excluding carboxylic acids is 2. The minimum Gasteiger partial charge on any atom is -0.462 e. The number of esters is 2. The highest BCUT2D eigenvalue weighted by Gasteiger charge is 2.22. The first-order valence-electron chi connectivity index (χ1n) is 7.92. The fourth-order valence-corrected chi connectivity index (χ4v) is 2.05. The van der Waals surface area contributed by atoms with Gasteiger partial charge in [0.2, 0.25) is 0 Å². The van der Waals surface area contributed by atoms with Gasteiger partial charge in [-0.2, -0.15) is 12.8 Å². The van der Waals surface area contributed by atoms with Crippen LogP contribution in [0.4, 0.5) is 0 Å². The summed E-state index contributed by atoms with van der Waals surface area (Å²) in [5.41, 5.74) is 0. The van der Waals surface area contributed by atoms with E-state index in [1.165, 1.54) is 0 Å². The molecule has 0 aliphatic heterocycles. The van der Waals surface area contributed by atoms with Gasteiger partial charge < -0.3 is 33.1 Å². The van der Waals surface area contributed by atoms with E-state index in [9.17, 15) is 14.2 Å². The van der Waals surface area contributed by atoms with Crippen LogP contribution >= 0.6 is 7.82 Å². The maximum atomic E-state index is 11.6. The van der Waals surface area contributed by atoms with Crippen LogP contribution in [0.3, 0.4) is 0 Å². The summed E-state index contributed by atoms with van der Waals surface area (Å²) in [6, 6.07) is 0. The molecule has 142 valence electrons. The summed E-state index contributed by atoms with van der Waals surface area (Å²) in [6.07, 6.45) is 3.62. The van der Waals surface area contributed by atoms with Crippen LogP contribution in [-0.2, 0) is 28.2 Å². The normalized spacial score (nSPS) is 12.7. The van der Waals surface area contributed by atoms with Crippen LogP contribution in [0, 0.1) is 13.8 Å². The second-order valence-electron chi connectivity index (χ2n) is 5.20. The van der Waals surface area contributed by atoms with Gasteiger partial charge >= 0.3 is 19.8 Å². The Kier molecular flexibility index (Phi) is 12.8. The Morgan fingerprint density at radius 3 is 2.12 bits per heavy atom. The van der Waals surface area contributed by atoms with Crippen molar-refractivity contribution in [2.24, 2.45) is 0 Å². The molecule has 0 spiro atoms. The first-order valence-corrected chi connectivity index (χ1v) is 9.45. The van der Waals surface area contributed by atoms with Crippen molar-refractivity contribution in [1.29, 1.82) is 0 Å². The van der Waals surface area contributed by atoms with Crippen molar-refractivity contribution in [1.82, 2.24) is 0 Å². The Bertz CT molecular complexity index is 406. The van der Waals surface area contributed by atoms with Gasteiger partial charge in [0.25, 0.3) is 0 Å². The number of hydrogen-bond acceptors (Lipinski definition) is 6. The Balaban J connectivity index is 4.29. The van der Waals surface area contributed by atoms with Gasteiger partial charge in [-0.15, -0.1) is 0 Å². The lowest BCUT2D eigenvalue weighted by Crippen LogP contribution is -2.29. The van der Waals surface area contributed by atoms with Crippen LogP contribution in [0.15, 0.2) is 0 Å². The summed E-state index contributed by atoms with van der Waals surface area (Å²) in [4.78, 5) is 40.6. The van der Waals surface area contributed by atoms with E-state index in [1.54, 1.807) is 0 Å². The predicted molar refractivity (Wildman–Crippen MR) is 86.5 cm³/mol. The largest absolute Gasteiger partial charge is 0.469 e.